The molecule has 2 unspecified atom stereocenters. The van der Waals surface area contributed by atoms with E-state index in [0.29, 0.717) is 25.7 Å². The fourth-order valence-electron chi connectivity index (χ4n) is 6.92. The van der Waals surface area contributed by atoms with Gasteiger partial charge < -0.3 is 39.9 Å². The standard InChI is InChI=1S/C52H81N3O16P2/c1-3-5-7-8-9-10-11-12-13-14-15-16-17-18-19-22-26-29-33-37-48(58)69-44(40-66-47(57)36-32-28-25-23-20-21-24-27-31-35-43(56)34-30-6-4-2)41-67-72(62,63)71-73(64,65)68-42-45-49(59)50(60)51(70-45)55-39-38-46(53)54-52(55)61/h9-10,12-13,15-16,18-19,24,26-27,29,31,35,38-39,44-45,49-51,59-60H,3-8,11,14,17,20-23,25,28,30,32-34,36-37,40-42H2,1-2H3,(H,62,63)(H,64,65)(H2,53,54,61)/b10-9-,13-12-,16-15-,19-18-,27-24-,29-26-,35-31+/t44-,45-,49-,50-,51-/m1/s1. The van der Waals surface area contributed by atoms with Gasteiger partial charge in [0.25, 0.3) is 0 Å². The minimum atomic E-state index is -5.46. The summed E-state index contributed by atoms with van der Waals surface area (Å²) in [4.78, 5) is 73.7. The number of aliphatic hydroxyl groups excluding tert-OH is 2. The summed E-state index contributed by atoms with van der Waals surface area (Å²) in [7, 11) is -10.9. The van der Waals surface area contributed by atoms with Crippen molar-refractivity contribution in [3.8, 4) is 0 Å². The molecule has 1 aliphatic rings. The second kappa shape index (κ2) is 39.1. The Kier molecular flexibility index (Phi) is 34.7. The molecule has 0 radical (unpaired) electrons. The smallest absolute Gasteiger partial charge is 0.462 e. The van der Waals surface area contributed by atoms with Gasteiger partial charge in [-0.1, -0.05) is 138 Å². The van der Waals surface area contributed by atoms with E-state index in [0.717, 1.165) is 87.8 Å². The minimum absolute atomic E-state index is 0.0557. The summed E-state index contributed by atoms with van der Waals surface area (Å²) >= 11 is 0. The molecule has 2 heterocycles. The predicted octanol–water partition coefficient (Wildman–Crippen LogP) is 9.84. The van der Waals surface area contributed by atoms with E-state index in [4.69, 9.17) is 29.0 Å². The number of aromatic nitrogens is 2. The topological polar surface area (TPSA) is 283 Å². The van der Waals surface area contributed by atoms with Gasteiger partial charge in [-0.3, -0.25) is 28.0 Å². The molecule has 0 spiro atoms. The van der Waals surface area contributed by atoms with Crippen molar-refractivity contribution < 1.29 is 71.1 Å². The monoisotopic (exact) mass is 1070 g/mol. The van der Waals surface area contributed by atoms with Crippen LogP contribution in [-0.4, -0.2) is 91.5 Å². The Labute approximate surface area is 431 Å². The summed E-state index contributed by atoms with van der Waals surface area (Å²) in [5, 5.41) is 20.9. The molecule has 0 bridgehead atoms. The predicted molar refractivity (Wildman–Crippen MR) is 280 cm³/mol. The van der Waals surface area contributed by atoms with Crippen molar-refractivity contribution in [1.29, 1.82) is 0 Å². The number of nitrogens with zero attached hydrogens (tertiary/aromatic N) is 2. The molecule has 1 fully saturated rings. The second-order valence-electron chi connectivity index (χ2n) is 17.3. The van der Waals surface area contributed by atoms with Gasteiger partial charge in [-0.15, -0.1) is 0 Å². The lowest BCUT2D eigenvalue weighted by molar-refractivity contribution is -0.161. The van der Waals surface area contributed by atoms with E-state index in [1.807, 2.05) is 30.4 Å². The van der Waals surface area contributed by atoms with Crippen LogP contribution in [-0.2, 0) is 51.1 Å². The Morgan fingerprint density at radius 2 is 1.26 bits per heavy atom. The number of rotatable bonds is 41. The minimum Gasteiger partial charge on any atom is -0.462 e. The van der Waals surface area contributed by atoms with Crippen molar-refractivity contribution in [3.05, 3.63) is 108 Å². The summed E-state index contributed by atoms with van der Waals surface area (Å²) in [6.45, 7) is 1.85. The van der Waals surface area contributed by atoms with Crippen LogP contribution in [0.15, 0.2) is 102 Å². The molecular formula is C52H81N3O16P2. The van der Waals surface area contributed by atoms with Crippen molar-refractivity contribution in [1.82, 2.24) is 9.55 Å². The number of allylic oxidation sites excluding steroid dienone is 14. The van der Waals surface area contributed by atoms with Crippen molar-refractivity contribution in [2.24, 2.45) is 0 Å². The van der Waals surface area contributed by atoms with Gasteiger partial charge >= 0.3 is 33.3 Å². The van der Waals surface area contributed by atoms with Gasteiger partial charge in [0.05, 0.1) is 13.2 Å². The number of phosphoric ester groups is 2. The Balaban J connectivity index is 1.85. The van der Waals surface area contributed by atoms with Crippen molar-refractivity contribution >= 4 is 39.2 Å². The number of esters is 2. The summed E-state index contributed by atoms with van der Waals surface area (Å²) < 4.78 is 56.6. The van der Waals surface area contributed by atoms with Gasteiger partial charge in [0.1, 0.15) is 30.7 Å². The van der Waals surface area contributed by atoms with Crippen LogP contribution in [0.4, 0.5) is 5.82 Å². The van der Waals surface area contributed by atoms with E-state index in [1.54, 1.807) is 18.2 Å². The molecule has 1 aromatic rings. The number of unbranched alkanes of at least 4 members (excludes halogenated alkanes) is 10. The van der Waals surface area contributed by atoms with Crippen LogP contribution >= 0.6 is 15.6 Å². The number of nitrogens with two attached hydrogens (primary N) is 1. The van der Waals surface area contributed by atoms with E-state index in [9.17, 15) is 48.3 Å². The van der Waals surface area contributed by atoms with Gasteiger partial charge in [-0.2, -0.15) is 9.29 Å². The molecule has 0 aromatic carbocycles. The molecule has 19 nitrogen and oxygen atoms in total. The first-order chi connectivity index (χ1) is 35.1. The van der Waals surface area contributed by atoms with Gasteiger partial charge in [-0.25, -0.2) is 13.9 Å². The summed E-state index contributed by atoms with van der Waals surface area (Å²) in [5.41, 5.74) is 4.57. The lowest BCUT2D eigenvalue weighted by atomic mass is 10.1. The molecule has 2 rings (SSSR count). The van der Waals surface area contributed by atoms with Gasteiger partial charge in [0.2, 0.25) is 0 Å². The lowest BCUT2D eigenvalue weighted by Gasteiger charge is -2.21. The van der Waals surface area contributed by atoms with Gasteiger partial charge in [0.15, 0.2) is 18.1 Å². The van der Waals surface area contributed by atoms with Crippen molar-refractivity contribution in [2.45, 2.75) is 179 Å². The molecule has 0 amide bonds. The van der Waals surface area contributed by atoms with Crippen LogP contribution < -0.4 is 11.4 Å². The fourth-order valence-corrected chi connectivity index (χ4v) is 9.03. The maximum Gasteiger partial charge on any atom is 0.481 e. The zero-order valence-corrected chi connectivity index (χ0v) is 44.4. The van der Waals surface area contributed by atoms with Crippen LogP contribution in [0.3, 0.4) is 0 Å². The lowest BCUT2D eigenvalue weighted by Crippen LogP contribution is -2.36. The van der Waals surface area contributed by atoms with Crippen LogP contribution in [0, 0.1) is 0 Å². The fraction of sp³-hybridized carbons (Fsp3) is 0.596. The first-order valence-electron chi connectivity index (χ1n) is 25.6. The number of nitrogen functional groups attached to an aromatic ring is 1. The number of hydrogen-bond donors (Lipinski definition) is 5. The second-order valence-corrected chi connectivity index (χ2v) is 20.4. The zero-order valence-electron chi connectivity index (χ0n) is 42.6. The number of carbonyl (C=O) groups is 3. The third-order valence-corrected chi connectivity index (χ3v) is 13.5. The van der Waals surface area contributed by atoms with E-state index in [1.165, 1.54) is 25.3 Å². The summed E-state index contributed by atoms with van der Waals surface area (Å²) in [5.74, 6) is -1.34. The van der Waals surface area contributed by atoms with Gasteiger partial charge in [-0.05, 0) is 82.8 Å². The molecule has 73 heavy (non-hydrogen) atoms. The van der Waals surface area contributed by atoms with Gasteiger partial charge in [0, 0.05) is 25.5 Å². The molecular weight excluding hydrogens is 985 g/mol. The number of phosphoric acid groups is 2. The first-order valence-corrected chi connectivity index (χ1v) is 28.5. The highest BCUT2D eigenvalue weighted by Gasteiger charge is 2.46. The SMILES string of the molecule is CCCCC/C=C\C/C=C\C/C=C\C/C=C\C/C=C\CCC(=O)O[C@H](COC(=O)CCCCCCC/C=C\C=C\C(=O)CCCCC)COP(=O)(O)OP(=O)(O)OC[C@H]1O[C@@H](n2ccc(N)nc2=O)[C@H](O)[C@@H]1O. The molecule has 21 heteroatoms. The number of ketones is 1. The summed E-state index contributed by atoms with van der Waals surface area (Å²) in [6, 6.07) is 1.24. The first kappa shape index (κ1) is 64.7. The largest absolute Gasteiger partial charge is 0.481 e. The quantitative estimate of drug-likeness (QED) is 0.0102. The van der Waals surface area contributed by atoms with E-state index in [2.05, 4.69) is 59.6 Å². The third kappa shape index (κ3) is 31.8. The molecule has 6 N–H and O–H groups in total. The molecule has 7 atom stereocenters. The molecule has 0 aliphatic carbocycles. The van der Waals surface area contributed by atoms with Crippen molar-refractivity contribution in [3.63, 3.8) is 0 Å². The van der Waals surface area contributed by atoms with E-state index < -0.39 is 83.7 Å². The third-order valence-electron chi connectivity index (χ3n) is 10.9. The average Bonchev–Trinajstić information content (AvgIpc) is 3.62. The number of hydrogen-bond acceptors (Lipinski definition) is 16. The highest BCUT2D eigenvalue weighted by molar-refractivity contribution is 7.61. The molecule has 1 aromatic heterocycles. The van der Waals surface area contributed by atoms with Crippen LogP contribution in [0.1, 0.15) is 155 Å². The average molecular weight is 1070 g/mol. The molecule has 1 aliphatic heterocycles. The molecule has 0 saturated carbocycles. The van der Waals surface area contributed by atoms with Crippen LogP contribution in [0.25, 0.3) is 0 Å². The molecule has 410 valence electrons. The Bertz CT molecular complexity index is 2120. The Morgan fingerprint density at radius 1 is 0.699 bits per heavy atom. The van der Waals surface area contributed by atoms with E-state index >= 15 is 0 Å². The highest BCUT2D eigenvalue weighted by atomic mass is 31.3. The normalized spacial score (nSPS) is 19.6. The Hall–Kier alpha value is -4.39. The maximum absolute atomic E-state index is 12.8. The number of ether oxygens (including phenoxy) is 3. The highest BCUT2D eigenvalue weighted by Crippen LogP contribution is 2.60. The van der Waals surface area contributed by atoms with Crippen LogP contribution in [0.2, 0.25) is 0 Å². The molecule has 1 saturated heterocycles. The number of aliphatic hydroxyl groups is 2. The Morgan fingerprint density at radius 3 is 1.92 bits per heavy atom. The van der Waals surface area contributed by atoms with Crippen molar-refractivity contribution in [2.75, 3.05) is 25.6 Å². The number of carbonyl (C=O) groups excluding carboxylic acids is 3. The maximum atomic E-state index is 12.8. The number of anilines is 1. The van der Waals surface area contributed by atoms with Crippen LogP contribution in [0.5, 0.6) is 0 Å². The van der Waals surface area contributed by atoms with E-state index in [-0.39, 0.29) is 24.4 Å². The zero-order chi connectivity index (χ0) is 53.6. The summed E-state index contributed by atoms with van der Waals surface area (Å²) in [6.07, 6.45) is 38.0.